The number of aryl methyl sites for hydroxylation is 1. The summed E-state index contributed by atoms with van der Waals surface area (Å²) in [6.07, 6.45) is 1.40. The SMILES string of the molecule is Cc1ccc(S(=O)(=O)O[C@]2(Cc3ccccc3)C[C@H]2C)cc1. The third-order valence-electron chi connectivity index (χ3n) is 4.32. The van der Waals surface area contributed by atoms with E-state index in [1.54, 1.807) is 24.3 Å². The van der Waals surface area contributed by atoms with Gasteiger partial charge < -0.3 is 0 Å². The lowest BCUT2D eigenvalue weighted by molar-refractivity contribution is 0.171. The second-order valence-electron chi connectivity index (χ2n) is 6.18. The first-order valence-corrected chi connectivity index (χ1v) is 8.88. The third kappa shape index (κ3) is 3.08. The van der Waals surface area contributed by atoms with Crippen LogP contribution in [0.3, 0.4) is 0 Å². The van der Waals surface area contributed by atoms with E-state index in [0.717, 1.165) is 17.5 Å². The van der Waals surface area contributed by atoms with Crippen LogP contribution in [-0.4, -0.2) is 14.0 Å². The standard InChI is InChI=1S/C18H20O3S/c1-14-8-10-17(11-9-14)22(19,20)21-18(12-15(18)2)13-16-6-4-3-5-7-16/h3-11,15H,12-13H2,1-2H3/t15-,18+/m1/s1. The molecule has 4 heteroatoms. The maximum Gasteiger partial charge on any atom is 0.297 e. The molecular weight excluding hydrogens is 296 g/mol. The van der Waals surface area contributed by atoms with Gasteiger partial charge in [-0.05, 0) is 37.0 Å². The number of rotatable bonds is 5. The van der Waals surface area contributed by atoms with E-state index in [-0.39, 0.29) is 10.8 Å². The zero-order valence-corrected chi connectivity index (χ0v) is 13.6. The summed E-state index contributed by atoms with van der Waals surface area (Å²) < 4.78 is 30.7. The Kier molecular flexibility index (Phi) is 3.83. The highest BCUT2D eigenvalue weighted by Crippen LogP contribution is 2.50. The summed E-state index contributed by atoms with van der Waals surface area (Å²) in [5, 5.41) is 0. The maximum absolute atomic E-state index is 12.5. The molecule has 0 aliphatic heterocycles. The minimum absolute atomic E-state index is 0.227. The molecule has 116 valence electrons. The fourth-order valence-corrected chi connectivity index (χ4v) is 4.06. The lowest BCUT2D eigenvalue weighted by atomic mass is 10.1. The largest absolute Gasteiger partial charge is 0.297 e. The first kappa shape index (κ1) is 15.3. The molecule has 0 bridgehead atoms. The van der Waals surface area contributed by atoms with Gasteiger partial charge in [-0.2, -0.15) is 8.42 Å². The quantitative estimate of drug-likeness (QED) is 0.790. The predicted octanol–water partition coefficient (Wildman–Crippen LogP) is 3.72. The normalized spacial score (nSPS) is 24.2. The summed E-state index contributed by atoms with van der Waals surface area (Å²) in [5.74, 6) is 0.243. The van der Waals surface area contributed by atoms with Crippen LogP contribution in [0.25, 0.3) is 0 Å². The Hall–Kier alpha value is -1.65. The summed E-state index contributed by atoms with van der Waals surface area (Å²) in [4.78, 5) is 0.227. The summed E-state index contributed by atoms with van der Waals surface area (Å²) in [6.45, 7) is 3.96. The van der Waals surface area contributed by atoms with Gasteiger partial charge in [-0.25, -0.2) is 0 Å². The topological polar surface area (TPSA) is 43.4 Å². The van der Waals surface area contributed by atoms with Crippen LogP contribution in [0.15, 0.2) is 59.5 Å². The van der Waals surface area contributed by atoms with Crippen LogP contribution in [0.5, 0.6) is 0 Å². The van der Waals surface area contributed by atoms with Crippen LogP contribution in [0.2, 0.25) is 0 Å². The van der Waals surface area contributed by atoms with Crippen molar-refractivity contribution in [2.24, 2.45) is 5.92 Å². The van der Waals surface area contributed by atoms with Crippen LogP contribution in [0.4, 0.5) is 0 Å². The van der Waals surface area contributed by atoms with Crippen molar-refractivity contribution in [2.75, 3.05) is 0 Å². The lowest BCUT2D eigenvalue weighted by Gasteiger charge is -2.18. The fourth-order valence-electron chi connectivity index (χ4n) is 2.76. The van der Waals surface area contributed by atoms with Crippen LogP contribution >= 0.6 is 0 Å². The molecule has 0 amide bonds. The third-order valence-corrected chi connectivity index (χ3v) is 5.72. The second-order valence-corrected chi connectivity index (χ2v) is 7.73. The van der Waals surface area contributed by atoms with E-state index in [9.17, 15) is 8.42 Å². The van der Waals surface area contributed by atoms with Crippen molar-refractivity contribution in [1.29, 1.82) is 0 Å². The monoisotopic (exact) mass is 316 g/mol. The highest BCUT2D eigenvalue weighted by Gasteiger charge is 2.55. The highest BCUT2D eigenvalue weighted by molar-refractivity contribution is 7.86. The van der Waals surface area contributed by atoms with E-state index in [1.807, 2.05) is 44.2 Å². The zero-order valence-electron chi connectivity index (χ0n) is 12.8. The Morgan fingerprint density at radius 1 is 1.09 bits per heavy atom. The highest BCUT2D eigenvalue weighted by atomic mass is 32.2. The number of benzene rings is 2. The molecule has 0 aromatic heterocycles. The molecule has 22 heavy (non-hydrogen) atoms. The van der Waals surface area contributed by atoms with E-state index in [1.165, 1.54) is 0 Å². The van der Waals surface area contributed by atoms with Gasteiger partial charge in [0.2, 0.25) is 0 Å². The van der Waals surface area contributed by atoms with Gasteiger partial charge in [0.25, 0.3) is 10.1 Å². The molecular formula is C18H20O3S. The molecule has 1 aliphatic carbocycles. The van der Waals surface area contributed by atoms with Gasteiger partial charge in [-0.1, -0.05) is 55.0 Å². The summed E-state index contributed by atoms with van der Waals surface area (Å²) in [5.41, 5.74) is 1.54. The van der Waals surface area contributed by atoms with Crippen molar-refractivity contribution in [1.82, 2.24) is 0 Å². The Labute approximate surface area is 132 Å². The van der Waals surface area contributed by atoms with Crippen molar-refractivity contribution >= 4 is 10.1 Å². The first-order valence-electron chi connectivity index (χ1n) is 7.48. The van der Waals surface area contributed by atoms with Gasteiger partial charge in [0, 0.05) is 6.42 Å². The minimum atomic E-state index is -3.73. The van der Waals surface area contributed by atoms with Crippen molar-refractivity contribution in [3.63, 3.8) is 0 Å². The Balaban J connectivity index is 1.82. The molecule has 0 spiro atoms. The van der Waals surface area contributed by atoms with Gasteiger partial charge in [0.15, 0.2) is 0 Å². The van der Waals surface area contributed by atoms with Gasteiger partial charge in [-0.15, -0.1) is 0 Å². The average molecular weight is 316 g/mol. The Morgan fingerprint density at radius 3 is 2.23 bits per heavy atom. The summed E-state index contributed by atoms with van der Waals surface area (Å²) >= 11 is 0. The molecule has 0 saturated heterocycles. The average Bonchev–Trinajstić information content (AvgIpc) is 3.08. The molecule has 0 radical (unpaired) electrons. The van der Waals surface area contributed by atoms with Crippen molar-refractivity contribution in [3.8, 4) is 0 Å². The number of hydrogen-bond acceptors (Lipinski definition) is 3. The van der Waals surface area contributed by atoms with Crippen molar-refractivity contribution in [3.05, 3.63) is 65.7 Å². The van der Waals surface area contributed by atoms with E-state index < -0.39 is 15.7 Å². The van der Waals surface area contributed by atoms with Crippen molar-refractivity contribution in [2.45, 2.75) is 37.2 Å². The number of hydrogen-bond donors (Lipinski definition) is 0. The van der Waals surface area contributed by atoms with Gasteiger partial charge >= 0.3 is 0 Å². The van der Waals surface area contributed by atoms with E-state index >= 15 is 0 Å². The van der Waals surface area contributed by atoms with Crippen LogP contribution < -0.4 is 0 Å². The molecule has 2 aromatic carbocycles. The minimum Gasteiger partial charge on any atom is -0.259 e. The molecule has 1 fully saturated rings. The lowest BCUT2D eigenvalue weighted by Crippen LogP contribution is -2.24. The van der Waals surface area contributed by atoms with E-state index in [0.29, 0.717) is 6.42 Å². The molecule has 3 rings (SSSR count). The molecule has 3 nitrogen and oxygen atoms in total. The van der Waals surface area contributed by atoms with Crippen LogP contribution in [-0.2, 0) is 20.7 Å². The maximum atomic E-state index is 12.5. The van der Waals surface area contributed by atoms with Gasteiger partial charge in [-0.3, -0.25) is 4.18 Å². The molecule has 2 atom stereocenters. The summed E-state index contributed by atoms with van der Waals surface area (Å²) in [7, 11) is -3.73. The van der Waals surface area contributed by atoms with Crippen LogP contribution in [0, 0.1) is 12.8 Å². The molecule has 0 unspecified atom stereocenters. The van der Waals surface area contributed by atoms with E-state index in [2.05, 4.69) is 0 Å². The predicted molar refractivity (Wildman–Crippen MR) is 86.1 cm³/mol. The first-order chi connectivity index (χ1) is 10.4. The molecule has 1 saturated carbocycles. The molecule has 1 aliphatic rings. The van der Waals surface area contributed by atoms with Gasteiger partial charge in [0.05, 0.1) is 10.5 Å². The molecule has 0 heterocycles. The van der Waals surface area contributed by atoms with E-state index in [4.69, 9.17) is 4.18 Å². The van der Waals surface area contributed by atoms with Gasteiger partial charge in [0.1, 0.15) is 0 Å². The summed E-state index contributed by atoms with van der Waals surface area (Å²) in [6, 6.07) is 16.7. The van der Waals surface area contributed by atoms with Crippen molar-refractivity contribution < 1.29 is 12.6 Å². The fraction of sp³-hybridized carbons (Fsp3) is 0.333. The second kappa shape index (κ2) is 5.52. The Bertz CT molecular complexity index is 751. The molecule has 0 N–H and O–H groups in total. The smallest absolute Gasteiger partial charge is 0.259 e. The Morgan fingerprint density at radius 2 is 1.68 bits per heavy atom. The van der Waals surface area contributed by atoms with Crippen LogP contribution in [0.1, 0.15) is 24.5 Å². The zero-order chi connectivity index (χ0) is 15.8. The molecule has 2 aromatic rings.